The fraction of sp³-hybridized carbons (Fsp3) is 0.385. The number of nitrogens with two attached hydrogens (primary N) is 1. The van der Waals surface area contributed by atoms with E-state index < -0.39 is 23.6 Å². The lowest BCUT2D eigenvalue weighted by molar-refractivity contribution is -0.156. The molecule has 1 aromatic carbocycles. The molecular weight excluding hydrogens is 314 g/mol. The predicted octanol–water partition coefficient (Wildman–Crippen LogP) is 2.49. The van der Waals surface area contributed by atoms with Gasteiger partial charge in [-0.05, 0) is 38.5 Å². The van der Waals surface area contributed by atoms with E-state index in [1.807, 2.05) is 0 Å². The molecule has 3 N–H and O–H groups in total. The molecule has 0 saturated carbocycles. The summed E-state index contributed by atoms with van der Waals surface area (Å²) in [7, 11) is 0. The van der Waals surface area contributed by atoms with Gasteiger partial charge in [0.25, 0.3) is 0 Å². The number of carboxylic acid groups (broad SMARTS) is 1. The normalized spacial score (nSPS) is 12.9. The number of benzene rings is 1. The number of ether oxygens (including phenoxy) is 1. The van der Waals surface area contributed by atoms with Gasteiger partial charge in [0.05, 0.1) is 5.56 Å². The highest BCUT2D eigenvalue weighted by atomic mass is 79.9. The molecule has 6 heteroatoms. The number of halogens is 1. The summed E-state index contributed by atoms with van der Waals surface area (Å²) < 4.78 is 5.65. The first-order valence-corrected chi connectivity index (χ1v) is 6.42. The van der Waals surface area contributed by atoms with Crippen LogP contribution in [0.2, 0.25) is 0 Å². The summed E-state index contributed by atoms with van der Waals surface area (Å²) in [5.74, 6) is -1.60. The van der Waals surface area contributed by atoms with Gasteiger partial charge in [0, 0.05) is 4.47 Å². The van der Waals surface area contributed by atoms with Crippen LogP contribution in [0.15, 0.2) is 22.7 Å². The van der Waals surface area contributed by atoms with E-state index in [1.165, 1.54) is 18.2 Å². The van der Waals surface area contributed by atoms with Crippen LogP contribution >= 0.6 is 15.9 Å². The summed E-state index contributed by atoms with van der Waals surface area (Å²) in [4.78, 5) is 22.7. The number of hydrogen-bond donors (Lipinski definition) is 2. The standard InChI is InChI=1S/C13H16BrNO4/c1-13(2,3)19-12(18)10(15)8-5-4-7(11(16)17)6-9(8)14/h4-6,10H,15H2,1-3H3,(H,16,17). The second kappa shape index (κ2) is 5.71. The number of hydrogen-bond acceptors (Lipinski definition) is 4. The zero-order valence-electron chi connectivity index (χ0n) is 10.9. The SMILES string of the molecule is CC(C)(C)OC(=O)C(N)c1ccc(C(=O)O)cc1Br. The molecule has 1 aromatic rings. The highest BCUT2D eigenvalue weighted by Crippen LogP contribution is 2.25. The van der Waals surface area contributed by atoms with Crippen LogP contribution in [0.4, 0.5) is 0 Å². The number of aromatic carboxylic acids is 1. The number of carbonyl (C=O) groups excluding carboxylic acids is 1. The average Bonchev–Trinajstić information content (AvgIpc) is 2.25. The minimum atomic E-state index is -1.04. The Hall–Kier alpha value is -1.40. The van der Waals surface area contributed by atoms with Crippen LogP contribution in [0.5, 0.6) is 0 Å². The van der Waals surface area contributed by atoms with Crippen molar-refractivity contribution in [2.45, 2.75) is 32.4 Å². The second-order valence-electron chi connectivity index (χ2n) is 5.05. The third-order valence-electron chi connectivity index (χ3n) is 2.24. The van der Waals surface area contributed by atoms with Crippen molar-refractivity contribution in [2.75, 3.05) is 0 Å². The molecule has 0 aliphatic heterocycles. The van der Waals surface area contributed by atoms with Gasteiger partial charge in [0.2, 0.25) is 0 Å². The van der Waals surface area contributed by atoms with E-state index in [0.29, 0.717) is 10.0 Å². The predicted molar refractivity (Wildman–Crippen MR) is 73.9 cm³/mol. The van der Waals surface area contributed by atoms with Crippen molar-refractivity contribution in [3.8, 4) is 0 Å². The molecule has 1 atom stereocenters. The number of carboxylic acids is 1. The van der Waals surface area contributed by atoms with E-state index in [-0.39, 0.29) is 5.56 Å². The second-order valence-corrected chi connectivity index (χ2v) is 5.91. The summed E-state index contributed by atoms with van der Waals surface area (Å²) in [5.41, 5.74) is 5.80. The Bertz CT molecular complexity index is 508. The minimum absolute atomic E-state index is 0.118. The molecule has 5 nitrogen and oxygen atoms in total. The fourth-order valence-electron chi connectivity index (χ4n) is 1.40. The highest BCUT2D eigenvalue weighted by molar-refractivity contribution is 9.10. The maximum atomic E-state index is 11.8. The van der Waals surface area contributed by atoms with E-state index in [1.54, 1.807) is 20.8 Å². The molecule has 1 rings (SSSR count). The van der Waals surface area contributed by atoms with E-state index in [4.69, 9.17) is 15.6 Å². The Morgan fingerprint density at radius 1 is 1.37 bits per heavy atom. The molecule has 0 fully saturated rings. The van der Waals surface area contributed by atoms with Gasteiger partial charge in [-0.15, -0.1) is 0 Å². The maximum Gasteiger partial charge on any atom is 0.335 e. The Morgan fingerprint density at radius 3 is 2.37 bits per heavy atom. The summed E-state index contributed by atoms with van der Waals surface area (Å²) >= 11 is 3.21. The van der Waals surface area contributed by atoms with Crippen LogP contribution < -0.4 is 5.73 Å². The Labute approximate surface area is 119 Å². The zero-order chi connectivity index (χ0) is 14.8. The molecule has 0 aliphatic carbocycles. The number of rotatable bonds is 3. The first-order chi connectivity index (χ1) is 8.61. The summed E-state index contributed by atoms with van der Waals surface area (Å²) in [5, 5.41) is 8.86. The topological polar surface area (TPSA) is 89.6 Å². The smallest absolute Gasteiger partial charge is 0.335 e. The lowest BCUT2D eigenvalue weighted by Gasteiger charge is -2.22. The molecule has 0 saturated heterocycles. The number of esters is 1. The first kappa shape index (κ1) is 15.7. The third kappa shape index (κ3) is 4.33. The van der Waals surface area contributed by atoms with E-state index in [9.17, 15) is 9.59 Å². The van der Waals surface area contributed by atoms with Crippen molar-refractivity contribution >= 4 is 27.9 Å². The Balaban J connectivity index is 2.97. The molecular formula is C13H16BrNO4. The van der Waals surface area contributed by atoms with Gasteiger partial charge in [-0.2, -0.15) is 0 Å². The highest BCUT2D eigenvalue weighted by Gasteiger charge is 2.25. The Morgan fingerprint density at radius 2 is 1.95 bits per heavy atom. The van der Waals surface area contributed by atoms with Crippen molar-refractivity contribution in [3.63, 3.8) is 0 Å². The van der Waals surface area contributed by atoms with Crippen LogP contribution in [0, 0.1) is 0 Å². The molecule has 19 heavy (non-hydrogen) atoms. The summed E-state index contributed by atoms with van der Waals surface area (Å²) in [6, 6.07) is 3.34. The lowest BCUT2D eigenvalue weighted by atomic mass is 10.1. The summed E-state index contributed by atoms with van der Waals surface area (Å²) in [6.45, 7) is 5.25. The van der Waals surface area contributed by atoms with Crippen LogP contribution in [0.1, 0.15) is 42.7 Å². The summed E-state index contributed by atoms with van der Waals surface area (Å²) in [6.07, 6.45) is 0. The quantitative estimate of drug-likeness (QED) is 0.831. The lowest BCUT2D eigenvalue weighted by Crippen LogP contribution is -2.31. The van der Waals surface area contributed by atoms with Crippen molar-refractivity contribution in [3.05, 3.63) is 33.8 Å². The van der Waals surface area contributed by atoms with Crippen LogP contribution in [0.3, 0.4) is 0 Å². The Kier molecular flexibility index (Phi) is 4.70. The van der Waals surface area contributed by atoms with Gasteiger partial charge in [-0.1, -0.05) is 22.0 Å². The van der Waals surface area contributed by atoms with Gasteiger partial charge in [-0.3, -0.25) is 0 Å². The first-order valence-electron chi connectivity index (χ1n) is 5.63. The third-order valence-corrected chi connectivity index (χ3v) is 2.93. The van der Waals surface area contributed by atoms with Crippen molar-refractivity contribution in [1.29, 1.82) is 0 Å². The van der Waals surface area contributed by atoms with Gasteiger partial charge in [0.15, 0.2) is 0 Å². The van der Waals surface area contributed by atoms with Gasteiger partial charge < -0.3 is 15.6 Å². The van der Waals surface area contributed by atoms with Gasteiger partial charge in [0.1, 0.15) is 11.6 Å². The van der Waals surface area contributed by atoms with Crippen molar-refractivity contribution in [1.82, 2.24) is 0 Å². The monoisotopic (exact) mass is 329 g/mol. The van der Waals surface area contributed by atoms with Crippen LogP contribution in [-0.4, -0.2) is 22.6 Å². The number of carbonyl (C=O) groups is 2. The van der Waals surface area contributed by atoms with Crippen LogP contribution in [0.25, 0.3) is 0 Å². The molecule has 0 amide bonds. The van der Waals surface area contributed by atoms with Crippen molar-refractivity contribution < 1.29 is 19.4 Å². The molecule has 0 heterocycles. The molecule has 0 radical (unpaired) electrons. The maximum absolute atomic E-state index is 11.8. The van der Waals surface area contributed by atoms with Crippen molar-refractivity contribution in [2.24, 2.45) is 5.73 Å². The molecule has 1 unspecified atom stereocenters. The molecule has 0 aliphatic rings. The van der Waals surface area contributed by atoms with E-state index >= 15 is 0 Å². The van der Waals surface area contributed by atoms with E-state index in [2.05, 4.69) is 15.9 Å². The van der Waals surface area contributed by atoms with Gasteiger partial charge in [-0.25, -0.2) is 9.59 Å². The minimum Gasteiger partial charge on any atom is -0.478 e. The molecule has 104 valence electrons. The largest absolute Gasteiger partial charge is 0.478 e. The molecule has 0 spiro atoms. The zero-order valence-corrected chi connectivity index (χ0v) is 12.5. The van der Waals surface area contributed by atoms with E-state index in [0.717, 1.165) is 0 Å². The molecule has 0 aromatic heterocycles. The average molecular weight is 330 g/mol. The molecule has 0 bridgehead atoms. The van der Waals surface area contributed by atoms with Gasteiger partial charge >= 0.3 is 11.9 Å². The van der Waals surface area contributed by atoms with Crippen LogP contribution in [-0.2, 0) is 9.53 Å². The fourth-order valence-corrected chi connectivity index (χ4v) is 2.03.